The van der Waals surface area contributed by atoms with Gasteiger partial charge in [0.1, 0.15) is 18.2 Å². The minimum Gasteiger partial charge on any atom is -0.370 e. The van der Waals surface area contributed by atoms with Gasteiger partial charge in [-0.1, -0.05) is 0 Å². The van der Waals surface area contributed by atoms with Crippen LogP contribution in [0.3, 0.4) is 0 Å². The molecule has 0 saturated carbocycles. The van der Waals surface area contributed by atoms with E-state index in [0.717, 1.165) is 22.0 Å². The number of aromatic nitrogens is 2. The molecule has 23 heavy (non-hydrogen) atoms. The number of halogens is 1. The molecular formula is C17H14FN3O2. The number of benzene rings is 1. The van der Waals surface area contributed by atoms with E-state index in [1.54, 1.807) is 17.2 Å². The number of pyridine rings is 1. The second-order valence-electron chi connectivity index (χ2n) is 5.40. The molecule has 0 bridgehead atoms. The summed E-state index contributed by atoms with van der Waals surface area (Å²) in [5.41, 5.74) is 2.60. The summed E-state index contributed by atoms with van der Waals surface area (Å²) in [6.45, 7) is 1.12. The number of anilines is 1. The molecule has 3 aromatic rings. The molecule has 116 valence electrons. The van der Waals surface area contributed by atoms with E-state index >= 15 is 0 Å². The fourth-order valence-electron chi connectivity index (χ4n) is 2.80. The molecule has 6 heteroatoms. The molecule has 5 nitrogen and oxygen atoms in total. The van der Waals surface area contributed by atoms with Gasteiger partial charge < -0.3 is 9.72 Å². The molecule has 1 aromatic carbocycles. The highest BCUT2D eigenvalue weighted by Gasteiger charge is 2.21. The Kier molecular flexibility index (Phi) is 3.31. The molecule has 3 heterocycles. The number of carbonyl (C=O) groups is 1. The van der Waals surface area contributed by atoms with Gasteiger partial charge in [0.25, 0.3) is 5.91 Å². The molecule has 1 fully saturated rings. The zero-order chi connectivity index (χ0) is 15.8. The van der Waals surface area contributed by atoms with Gasteiger partial charge in [0.2, 0.25) is 0 Å². The third kappa shape index (κ3) is 2.47. The van der Waals surface area contributed by atoms with Crippen molar-refractivity contribution in [3.8, 4) is 11.1 Å². The van der Waals surface area contributed by atoms with Crippen molar-refractivity contribution < 1.29 is 13.9 Å². The molecule has 2 aromatic heterocycles. The van der Waals surface area contributed by atoms with E-state index in [4.69, 9.17) is 4.74 Å². The van der Waals surface area contributed by atoms with E-state index in [0.29, 0.717) is 19.0 Å². The SMILES string of the molecule is O=C1COCCN1c1ccc(-c2c[nH]c3cc(F)ccc23)cn1. The van der Waals surface area contributed by atoms with E-state index in [-0.39, 0.29) is 18.3 Å². The zero-order valence-electron chi connectivity index (χ0n) is 12.3. The minimum atomic E-state index is -0.273. The maximum absolute atomic E-state index is 13.3. The molecule has 1 aliphatic rings. The summed E-state index contributed by atoms with van der Waals surface area (Å²) < 4.78 is 18.4. The molecule has 0 unspecified atom stereocenters. The van der Waals surface area contributed by atoms with Crippen LogP contribution in [0.4, 0.5) is 10.2 Å². The Morgan fingerprint density at radius 1 is 1.26 bits per heavy atom. The normalized spacial score (nSPS) is 15.3. The van der Waals surface area contributed by atoms with Gasteiger partial charge in [0.05, 0.1) is 13.2 Å². The molecule has 1 saturated heterocycles. The van der Waals surface area contributed by atoms with Crippen molar-refractivity contribution in [1.82, 2.24) is 9.97 Å². The lowest BCUT2D eigenvalue weighted by molar-refractivity contribution is -0.125. The summed E-state index contributed by atoms with van der Waals surface area (Å²) >= 11 is 0. The lowest BCUT2D eigenvalue weighted by atomic mass is 10.1. The Hall–Kier alpha value is -2.73. The molecular weight excluding hydrogens is 297 g/mol. The fraction of sp³-hybridized carbons (Fsp3) is 0.176. The number of rotatable bonds is 2. The Bertz CT molecular complexity index is 873. The molecule has 4 rings (SSSR count). The van der Waals surface area contributed by atoms with Crippen molar-refractivity contribution in [2.24, 2.45) is 0 Å². The number of hydrogen-bond donors (Lipinski definition) is 1. The predicted molar refractivity (Wildman–Crippen MR) is 84.7 cm³/mol. The first-order valence-electron chi connectivity index (χ1n) is 7.33. The minimum absolute atomic E-state index is 0.0842. The average Bonchev–Trinajstić information content (AvgIpc) is 2.98. The van der Waals surface area contributed by atoms with Gasteiger partial charge in [-0.05, 0) is 30.3 Å². The monoisotopic (exact) mass is 311 g/mol. The molecule has 0 atom stereocenters. The van der Waals surface area contributed by atoms with Gasteiger partial charge in [0.15, 0.2) is 0 Å². The van der Waals surface area contributed by atoms with Gasteiger partial charge in [0, 0.05) is 34.4 Å². The first-order chi connectivity index (χ1) is 11.2. The summed E-state index contributed by atoms with van der Waals surface area (Å²) in [5, 5.41) is 0.934. The summed E-state index contributed by atoms with van der Waals surface area (Å²) in [4.78, 5) is 20.9. The van der Waals surface area contributed by atoms with Crippen molar-refractivity contribution in [2.75, 3.05) is 24.7 Å². The van der Waals surface area contributed by atoms with Crippen LogP contribution in [0, 0.1) is 5.82 Å². The molecule has 1 amide bonds. The summed E-state index contributed by atoms with van der Waals surface area (Å²) in [5.74, 6) is 0.261. The second-order valence-corrected chi connectivity index (χ2v) is 5.40. The van der Waals surface area contributed by atoms with Crippen LogP contribution in [0.25, 0.3) is 22.0 Å². The van der Waals surface area contributed by atoms with E-state index in [9.17, 15) is 9.18 Å². The number of nitrogens with one attached hydrogen (secondary N) is 1. The van der Waals surface area contributed by atoms with Crippen molar-refractivity contribution in [3.63, 3.8) is 0 Å². The van der Waals surface area contributed by atoms with Crippen molar-refractivity contribution >= 4 is 22.6 Å². The number of nitrogens with zero attached hydrogens (tertiary/aromatic N) is 2. The maximum Gasteiger partial charge on any atom is 0.254 e. The number of carbonyl (C=O) groups excluding carboxylic acids is 1. The van der Waals surface area contributed by atoms with E-state index in [1.807, 2.05) is 18.3 Å². The Morgan fingerprint density at radius 3 is 2.96 bits per heavy atom. The highest BCUT2D eigenvalue weighted by molar-refractivity contribution is 5.96. The summed E-state index contributed by atoms with van der Waals surface area (Å²) in [6, 6.07) is 8.38. The number of amides is 1. The van der Waals surface area contributed by atoms with Crippen LogP contribution in [0.1, 0.15) is 0 Å². The second kappa shape index (κ2) is 5.48. The molecule has 0 radical (unpaired) electrons. The van der Waals surface area contributed by atoms with Gasteiger partial charge in [-0.2, -0.15) is 0 Å². The summed E-state index contributed by atoms with van der Waals surface area (Å²) in [7, 11) is 0. The van der Waals surface area contributed by atoms with Crippen LogP contribution in [0.2, 0.25) is 0 Å². The van der Waals surface area contributed by atoms with Gasteiger partial charge >= 0.3 is 0 Å². The Labute approximate surface area is 131 Å². The zero-order valence-corrected chi connectivity index (χ0v) is 12.3. The standard InChI is InChI=1S/C17H14FN3O2/c18-12-2-3-13-14(9-19-15(13)7-12)11-1-4-16(20-8-11)21-5-6-23-10-17(21)22/h1-4,7-9,19H,5-6,10H2. The highest BCUT2D eigenvalue weighted by atomic mass is 19.1. The van der Waals surface area contributed by atoms with Crippen molar-refractivity contribution in [2.45, 2.75) is 0 Å². The van der Waals surface area contributed by atoms with Crippen molar-refractivity contribution in [3.05, 3.63) is 48.5 Å². The number of H-pyrrole nitrogens is 1. The number of morpholine rings is 1. The van der Waals surface area contributed by atoms with Crippen LogP contribution in [-0.4, -0.2) is 35.6 Å². The number of hydrogen-bond acceptors (Lipinski definition) is 3. The van der Waals surface area contributed by atoms with Crippen LogP contribution in [0.15, 0.2) is 42.7 Å². The highest BCUT2D eigenvalue weighted by Crippen LogP contribution is 2.29. The van der Waals surface area contributed by atoms with E-state index in [2.05, 4.69) is 9.97 Å². The first kappa shape index (κ1) is 13.9. The van der Waals surface area contributed by atoms with Gasteiger partial charge in [-0.15, -0.1) is 0 Å². The lowest BCUT2D eigenvalue weighted by Crippen LogP contribution is -2.42. The quantitative estimate of drug-likeness (QED) is 0.791. The third-order valence-electron chi connectivity index (χ3n) is 3.97. The molecule has 1 aliphatic heterocycles. The molecule has 1 N–H and O–H groups in total. The van der Waals surface area contributed by atoms with Gasteiger partial charge in [-0.3, -0.25) is 9.69 Å². The van der Waals surface area contributed by atoms with Crippen LogP contribution >= 0.6 is 0 Å². The Morgan fingerprint density at radius 2 is 2.17 bits per heavy atom. The number of aromatic amines is 1. The lowest BCUT2D eigenvalue weighted by Gasteiger charge is -2.25. The number of fused-ring (bicyclic) bond motifs is 1. The number of ether oxygens (including phenoxy) is 1. The molecule has 0 aliphatic carbocycles. The van der Waals surface area contributed by atoms with E-state index in [1.165, 1.54) is 12.1 Å². The van der Waals surface area contributed by atoms with Crippen molar-refractivity contribution in [1.29, 1.82) is 0 Å². The van der Waals surface area contributed by atoms with Crippen LogP contribution < -0.4 is 4.90 Å². The van der Waals surface area contributed by atoms with Crippen LogP contribution in [-0.2, 0) is 9.53 Å². The van der Waals surface area contributed by atoms with Crippen LogP contribution in [0.5, 0.6) is 0 Å². The fourth-order valence-corrected chi connectivity index (χ4v) is 2.80. The third-order valence-corrected chi connectivity index (χ3v) is 3.97. The summed E-state index contributed by atoms with van der Waals surface area (Å²) in [6.07, 6.45) is 3.56. The predicted octanol–water partition coefficient (Wildman–Crippen LogP) is 2.73. The van der Waals surface area contributed by atoms with Gasteiger partial charge in [-0.25, -0.2) is 9.37 Å². The average molecular weight is 311 g/mol. The Balaban J connectivity index is 1.68. The first-order valence-corrected chi connectivity index (χ1v) is 7.33. The smallest absolute Gasteiger partial charge is 0.254 e. The maximum atomic E-state index is 13.3. The van der Waals surface area contributed by atoms with E-state index < -0.39 is 0 Å². The largest absolute Gasteiger partial charge is 0.370 e. The topological polar surface area (TPSA) is 58.2 Å². The molecule has 0 spiro atoms.